The molecule has 206 valence electrons. The van der Waals surface area contributed by atoms with Gasteiger partial charge in [0.15, 0.2) is 0 Å². The molecule has 2 aromatic carbocycles. The van der Waals surface area contributed by atoms with Crippen LogP contribution >= 0.6 is 0 Å². The summed E-state index contributed by atoms with van der Waals surface area (Å²) >= 11 is 0. The van der Waals surface area contributed by atoms with Crippen molar-refractivity contribution in [2.24, 2.45) is 0 Å². The molecule has 0 aliphatic carbocycles. The average Bonchev–Trinajstić information content (AvgIpc) is 3.02. The summed E-state index contributed by atoms with van der Waals surface area (Å²) in [5, 5.41) is 22.0. The van der Waals surface area contributed by atoms with Crippen LogP contribution in [0.5, 0.6) is 0 Å². The SMILES string of the molecule is CC(C)c1c(/C=C/C(O)CC(=O)CC(=O)O)c(-c2ccc(F)cc2)c(-c2ccccc2)n1N1CCCCCC1. The number of rotatable bonds is 10. The Bertz CT molecular complexity index is 1300. The summed E-state index contributed by atoms with van der Waals surface area (Å²) in [5.41, 5.74) is 5.76. The van der Waals surface area contributed by atoms with E-state index in [1.165, 1.54) is 25.0 Å². The van der Waals surface area contributed by atoms with Crippen LogP contribution in [0.25, 0.3) is 28.5 Å². The molecule has 2 heterocycles. The Morgan fingerprint density at radius 2 is 1.59 bits per heavy atom. The smallest absolute Gasteiger partial charge is 0.310 e. The van der Waals surface area contributed by atoms with Crippen LogP contribution in [0.2, 0.25) is 0 Å². The van der Waals surface area contributed by atoms with Gasteiger partial charge in [-0.1, -0.05) is 81.3 Å². The number of nitrogens with zero attached hydrogens (tertiary/aromatic N) is 2. The molecule has 3 aromatic rings. The lowest BCUT2D eigenvalue weighted by molar-refractivity contribution is -0.140. The number of aliphatic carboxylic acids is 1. The maximum Gasteiger partial charge on any atom is 0.310 e. The Morgan fingerprint density at radius 3 is 2.18 bits per heavy atom. The number of carbonyl (C=O) groups excluding carboxylic acids is 1. The topological polar surface area (TPSA) is 82.8 Å². The molecule has 1 unspecified atom stereocenters. The van der Waals surface area contributed by atoms with Crippen molar-refractivity contribution in [3.63, 3.8) is 0 Å². The lowest BCUT2D eigenvalue weighted by atomic mass is 9.94. The molecule has 0 spiro atoms. The molecule has 0 amide bonds. The Balaban J connectivity index is 1.95. The van der Waals surface area contributed by atoms with Gasteiger partial charge in [0, 0.05) is 36.2 Å². The molecule has 7 heteroatoms. The molecule has 1 atom stereocenters. The number of Topliss-reactive ketones (excluding diaryl/α,β-unsaturated/α-hetero) is 1. The van der Waals surface area contributed by atoms with Crippen molar-refractivity contribution in [1.82, 2.24) is 4.68 Å². The van der Waals surface area contributed by atoms with Gasteiger partial charge in [-0.15, -0.1) is 0 Å². The number of carboxylic acids is 1. The normalized spacial score (nSPS) is 15.1. The van der Waals surface area contributed by atoms with Crippen molar-refractivity contribution in [1.29, 1.82) is 0 Å². The van der Waals surface area contributed by atoms with Crippen LogP contribution in [0.1, 0.15) is 69.5 Å². The summed E-state index contributed by atoms with van der Waals surface area (Å²) in [6.07, 6.45) is 5.93. The van der Waals surface area contributed by atoms with Gasteiger partial charge in [0.2, 0.25) is 0 Å². The average molecular weight is 533 g/mol. The van der Waals surface area contributed by atoms with Gasteiger partial charge >= 0.3 is 5.97 Å². The summed E-state index contributed by atoms with van der Waals surface area (Å²) in [5.74, 6) is -1.95. The van der Waals surface area contributed by atoms with Crippen molar-refractivity contribution in [2.45, 2.75) is 64.4 Å². The Kier molecular flexibility index (Phi) is 9.36. The summed E-state index contributed by atoms with van der Waals surface area (Å²) in [6.45, 7) is 6.09. The first-order valence-corrected chi connectivity index (χ1v) is 13.7. The predicted molar refractivity (Wildman–Crippen MR) is 153 cm³/mol. The number of hydrogen-bond acceptors (Lipinski definition) is 4. The molecule has 1 saturated heterocycles. The number of carbonyl (C=O) groups is 2. The molecule has 1 aliphatic heterocycles. The fourth-order valence-corrected chi connectivity index (χ4v) is 5.39. The van der Waals surface area contributed by atoms with Gasteiger partial charge in [-0.2, -0.15) is 0 Å². The highest BCUT2D eigenvalue weighted by Gasteiger charge is 2.28. The zero-order chi connectivity index (χ0) is 27.9. The number of hydrogen-bond donors (Lipinski definition) is 2. The number of halogens is 1. The number of aromatic nitrogens is 1. The van der Waals surface area contributed by atoms with Crippen molar-refractivity contribution in [3.8, 4) is 22.4 Å². The maximum absolute atomic E-state index is 14.0. The largest absolute Gasteiger partial charge is 0.481 e. The van der Waals surface area contributed by atoms with Crippen LogP contribution in [-0.4, -0.2) is 45.8 Å². The van der Waals surface area contributed by atoms with Gasteiger partial charge in [-0.25, -0.2) is 4.39 Å². The van der Waals surface area contributed by atoms with Gasteiger partial charge in [0.25, 0.3) is 0 Å². The van der Waals surface area contributed by atoms with Crippen molar-refractivity contribution < 1.29 is 24.2 Å². The summed E-state index contributed by atoms with van der Waals surface area (Å²) in [6, 6.07) is 16.6. The molecular formula is C32H37FN2O4. The molecule has 39 heavy (non-hydrogen) atoms. The highest BCUT2D eigenvalue weighted by atomic mass is 19.1. The van der Waals surface area contributed by atoms with E-state index in [-0.39, 0.29) is 18.2 Å². The fraction of sp³-hybridized carbons (Fsp3) is 0.375. The Hall–Kier alpha value is -3.71. The fourth-order valence-electron chi connectivity index (χ4n) is 5.39. The van der Waals surface area contributed by atoms with E-state index in [0.717, 1.165) is 59.6 Å². The summed E-state index contributed by atoms with van der Waals surface area (Å²) in [4.78, 5) is 22.9. The van der Waals surface area contributed by atoms with Gasteiger partial charge < -0.3 is 15.2 Å². The Morgan fingerprint density at radius 1 is 0.949 bits per heavy atom. The van der Waals surface area contributed by atoms with E-state index in [1.807, 2.05) is 24.3 Å². The molecular weight excluding hydrogens is 495 g/mol. The lowest BCUT2D eigenvalue weighted by Gasteiger charge is -2.30. The van der Waals surface area contributed by atoms with E-state index in [1.54, 1.807) is 18.2 Å². The molecule has 0 bridgehead atoms. The first-order chi connectivity index (χ1) is 18.8. The molecule has 6 nitrogen and oxygen atoms in total. The van der Waals surface area contributed by atoms with Crippen LogP contribution in [0.3, 0.4) is 0 Å². The first kappa shape index (κ1) is 28.3. The van der Waals surface area contributed by atoms with Gasteiger partial charge in [-0.3, -0.25) is 14.3 Å². The van der Waals surface area contributed by atoms with Gasteiger partial charge in [0.1, 0.15) is 18.0 Å². The van der Waals surface area contributed by atoms with Crippen molar-refractivity contribution >= 4 is 17.8 Å². The van der Waals surface area contributed by atoms with Crippen LogP contribution in [0.15, 0.2) is 60.7 Å². The number of ketones is 1. The standard InChI is InChI=1S/C32H37FN2O4/c1-22(2)31-28(17-16-26(36)20-27(37)21-29(38)39)30(23-12-14-25(33)15-13-23)32(24-10-6-5-7-11-24)35(31)34-18-8-3-4-9-19-34/h5-7,10-17,22,26,36H,3-4,8-9,18-21H2,1-2H3,(H,38,39)/b17-16+. The zero-order valence-corrected chi connectivity index (χ0v) is 22.6. The number of aliphatic hydroxyl groups excluding tert-OH is 1. The van der Waals surface area contributed by atoms with Crippen molar-refractivity contribution in [2.75, 3.05) is 18.1 Å². The third kappa shape index (κ3) is 6.84. The minimum absolute atomic E-state index is 0.107. The van der Waals surface area contributed by atoms with E-state index in [4.69, 9.17) is 5.11 Å². The highest BCUT2D eigenvalue weighted by Crippen LogP contribution is 2.43. The van der Waals surface area contributed by atoms with Crippen LogP contribution < -0.4 is 5.01 Å². The minimum atomic E-state index is -1.21. The lowest BCUT2D eigenvalue weighted by Crippen LogP contribution is -2.37. The molecule has 1 fully saturated rings. The molecule has 1 aliphatic rings. The summed E-state index contributed by atoms with van der Waals surface area (Å²) < 4.78 is 16.3. The maximum atomic E-state index is 14.0. The van der Waals surface area contributed by atoms with Gasteiger partial charge in [0.05, 0.1) is 17.5 Å². The van der Waals surface area contributed by atoms with Crippen LogP contribution in [0.4, 0.5) is 4.39 Å². The molecule has 0 radical (unpaired) electrons. The predicted octanol–water partition coefficient (Wildman–Crippen LogP) is 6.40. The highest BCUT2D eigenvalue weighted by molar-refractivity contribution is 5.95. The van der Waals surface area contributed by atoms with E-state index in [0.29, 0.717) is 0 Å². The Labute approximate surface area is 229 Å². The minimum Gasteiger partial charge on any atom is -0.481 e. The second kappa shape index (κ2) is 12.9. The molecule has 2 N–H and O–H groups in total. The molecule has 4 rings (SSSR count). The van der Waals surface area contributed by atoms with Gasteiger partial charge in [-0.05, 0) is 36.5 Å². The summed E-state index contributed by atoms with van der Waals surface area (Å²) in [7, 11) is 0. The number of benzene rings is 2. The number of carboxylic acid groups (broad SMARTS) is 1. The van der Waals surface area contributed by atoms with E-state index >= 15 is 0 Å². The second-order valence-electron chi connectivity index (χ2n) is 10.5. The number of aliphatic hydroxyl groups is 1. The molecule has 1 aromatic heterocycles. The third-order valence-corrected chi connectivity index (χ3v) is 7.08. The van der Waals surface area contributed by atoms with Crippen molar-refractivity contribution in [3.05, 3.63) is 77.7 Å². The monoisotopic (exact) mass is 532 g/mol. The van der Waals surface area contributed by atoms with E-state index < -0.39 is 24.3 Å². The second-order valence-corrected chi connectivity index (χ2v) is 10.5. The van der Waals surface area contributed by atoms with E-state index in [2.05, 4.69) is 35.7 Å². The van der Waals surface area contributed by atoms with Crippen LogP contribution in [0, 0.1) is 5.82 Å². The molecule has 0 saturated carbocycles. The quantitative estimate of drug-likeness (QED) is 0.295. The zero-order valence-electron chi connectivity index (χ0n) is 22.6. The van der Waals surface area contributed by atoms with Crippen LogP contribution in [-0.2, 0) is 9.59 Å². The third-order valence-electron chi connectivity index (χ3n) is 7.08. The first-order valence-electron chi connectivity index (χ1n) is 13.7. The van der Waals surface area contributed by atoms with E-state index in [9.17, 15) is 19.1 Å².